The van der Waals surface area contributed by atoms with E-state index in [1.807, 2.05) is 0 Å². The number of benzene rings is 6. The summed E-state index contributed by atoms with van der Waals surface area (Å²) < 4.78 is 2.58. The average molecular weight is 533 g/mol. The van der Waals surface area contributed by atoms with Gasteiger partial charge in [0.15, 0.2) is 0 Å². The SMILES string of the molecule is CC1(c2ccccc2)c2ccccc2B2c3c(cccc31)-n1c(-c3ccccc3)c(-c3ccccc3)c3cccc2c31. The van der Waals surface area contributed by atoms with E-state index < -0.39 is 0 Å². The fourth-order valence-corrected chi connectivity index (χ4v) is 8.00. The molecule has 0 amide bonds. The summed E-state index contributed by atoms with van der Waals surface area (Å²) in [4.78, 5) is 0. The molecule has 0 radical (unpaired) electrons. The molecular formula is C40H28BN. The van der Waals surface area contributed by atoms with E-state index >= 15 is 0 Å². The molecule has 0 fully saturated rings. The minimum atomic E-state index is -0.270. The summed E-state index contributed by atoms with van der Waals surface area (Å²) in [5, 5.41) is 1.31. The van der Waals surface area contributed by atoms with Crippen LogP contribution in [0.4, 0.5) is 0 Å². The molecule has 196 valence electrons. The van der Waals surface area contributed by atoms with Crippen molar-refractivity contribution in [2.45, 2.75) is 12.3 Å². The van der Waals surface area contributed by atoms with Crippen LogP contribution in [-0.2, 0) is 5.41 Å². The zero-order valence-electron chi connectivity index (χ0n) is 23.5. The van der Waals surface area contributed by atoms with Gasteiger partial charge in [0, 0.05) is 27.6 Å². The molecule has 0 aliphatic carbocycles. The maximum absolute atomic E-state index is 2.58. The summed E-state index contributed by atoms with van der Waals surface area (Å²) >= 11 is 0. The van der Waals surface area contributed by atoms with Gasteiger partial charge in [0.05, 0.1) is 5.69 Å². The predicted octanol–water partition coefficient (Wildman–Crippen LogP) is 7.46. The van der Waals surface area contributed by atoms with Crippen molar-refractivity contribution in [1.29, 1.82) is 0 Å². The maximum Gasteiger partial charge on any atom is 0.247 e. The van der Waals surface area contributed by atoms with Gasteiger partial charge in [-0.3, -0.25) is 0 Å². The van der Waals surface area contributed by atoms with E-state index in [4.69, 9.17) is 0 Å². The number of hydrogen-bond acceptors (Lipinski definition) is 0. The third-order valence-electron chi connectivity index (χ3n) is 9.75. The molecule has 0 saturated carbocycles. The van der Waals surface area contributed by atoms with E-state index in [0.29, 0.717) is 0 Å². The second-order valence-electron chi connectivity index (χ2n) is 11.8. The molecule has 0 spiro atoms. The normalized spacial score (nSPS) is 16.3. The summed E-state index contributed by atoms with van der Waals surface area (Å²) in [5.74, 6) is 0. The van der Waals surface area contributed by atoms with Crippen LogP contribution in [0.5, 0.6) is 0 Å². The Morgan fingerprint density at radius 2 is 1.12 bits per heavy atom. The van der Waals surface area contributed by atoms with Gasteiger partial charge in [-0.25, -0.2) is 0 Å². The van der Waals surface area contributed by atoms with Crippen LogP contribution in [0, 0.1) is 0 Å². The summed E-state index contributed by atoms with van der Waals surface area (Å²) in [6.45, 7) is 2.59. The Balaban J connectivity index is 1.49. The van der Waals surface area contributed by atoms with Gasteiger partial charge >= 0.3 is 0 Å². The Hall–Kier alpha value is -5.08. The number of fused-ring (bicyclic) bond motifs is 4. The smallest absolute Gasteiger partial charge is 0.247 e. The topological polar surface area (TPSA) is 4.93 Å². The Kier molecular flexibility index (Phi) is 4.90. The molecule has 9 rings (SSSR count). The highest BCUT2D eigenvalue weighted by atomic mass is 15.0. The van der Waals surface area contributed by atoms with E-state index in [1.54, 1.807) is 0 Å². The number of rotatable bonds is 3. The summed E-state index contributed by atoms with van der Waals surface area (Å²) in [7, 11) is 0. The molecule has 7 aromatic rings. The highest BCUT2D eigenvalue weighted by Gasteiger charge is 2.47. The van der Waals surface area contributed by atoms with Crippen molar-refractivity contribution >= 4 is 34.0 Å². The number of nitrogens with zero attached hydrogens (tertiary/aromatic N) is 1. The second-order valence-corrected chi connectivity index (χ2v) is 11.8. The molecule has 0 N–H and O–H groups in total. The lowest BCUT2D eigenvalue weighted by Gasteiger charge is -2.44. The first kappa shape index (κ1) is 23.6. The first-order chi connectivity index (χ1) is 20.8. The summed E-state index contributed by atoms with van der Waals surface area (Å²) in [6, 6.07) is 56.0. The molecule has 1 aromatic heterocycles. The quantitative estimate of drug-likeness (QED) is 0.208. The molecule has 0 saturated heterocycles. The lowest BCUT2D eigenvalue weighted by atomic mass is 9.30. The largest absolute Gasteiger partial charge is 0.310 e. The van der Waals surface area contributed by atoms with E-state index in [0.717, 1.165) is 0 Å². The molecule has 42 heavy (non-hydrogen) atoms. The van der Waals surface area contributed by atoms with Crippen molar-refractivity contribution < 1.29 is 0 Å². The lowest BCUT2D eigenvalue weighted by Crippen LogP contribution is -2.63. The van der Waals surface area contributed by atoms with Crippen molar-refractivity contribution in [1.82, 2.24) is 4.57 Å². The first-order valence-corrected chi connectivity index (χ1v) is 14.8. The Morgan fingerprint density at radius 3 is 1.88 bits per heavy atom. The molecule has 0 bridgehead atoms. The van der Waals surface area contributed by atoms with Gasteiger partial charge < -0.3 is 4.57 Å². The van der Waals surface area contributed by atoms with Crippen LogP contribution in [0.25, 0.3) is 39.0 Å². The summed E-state index contributed by atoms with van der Waals surface area (Å²) in [6.07, 6.45) is 0. The van der Waals surface area contributed by atoms with Crippen LogP contribution >= 0.6 is 0 Å². The molecular weight excluding hydrogens is 505 g/mol. The number of aromatic nitrogens is 1. The van der Waals surface area contributed by atoms with E-state index in [-0.39, 0.29) is 12.1 Å². The van der Waals surface area contributed by atoms with Crippen molar-refractivity contribution in [3.05, 3.63) is 168 Å². The van der Waals surface area contributed by atoms with Gasteiger partial charge in [0.2, 0.25) is 6.71 Å². The molecule has 3 heterocycles. The van der Waals surface area contributed by atoms with Crippen molar-refractivity contribution in [3.8, 4) is 28.1 Å². The Morgan fingerprint density at radius 1 is 0.524 bits per heavy atom. The molecule has 1 nitrogen and oxygen atoms in total. The fraction of sp³-hybridized carbons (Fsp3) is 0.0500. The van der Waals surface area contributed by atoms with E-state index in [9.17, 15) is 0 Å². The standard InChI is InChI=1S/C40H28BN/c1-40(29-19-9-4-10-20-29)31-22-11-12-24-33(31)41-34-25-13-21-30-36(27-15-5-2-6-16-27)38(28-17-7-3-8-18-28)42(39(30)34)35-26-14-23-32(40)37(35)41/h2-26H,1H3. The van der Waals surface area contributed by atoms with Crippen molar-refractivity contribution in [2.75, 3.05) is 0 Å². The van der Waals surface area contributed by atoms with Crippen LogP contribution in [-0.4, -0.2) is 11.3 Å². The van der Waals surface area contributed by atoms with Crippen LogP contribution in [0.2, 0.25) is 0 Å². The van der Waals surface area contributed by atoms with Crippen LogP contribution in [0.15, 0.2) is 152 Å². The monoisotopic (exact) mass is 533 g/mol. The van der Waals surface area contributed by atoms with Gasteiger partial charge in [-0.1, -0.05) is 151 Å². The maximum atomic E-state index is 2.58. The number of hydrogen-bond donors (Lipinski definition) is 0. The zero-order valence-corrected chi connectivity index (χ0v) is 23.5. The van der Waals surface area contributed by atoms with Crippen LogP contribution < -0.4 is 16.4 Å². The predicted molar refractivity (Wildman–Crippen MR) is 177 cm³/mol. The number of para-hydroxylation sites is 1. The minimum absolute atomic E-state index is 0.169. The summed E-state index contributed by atoms with van der Waals surface area (Å²) in [5.41, 5.74) is 15.7. The van der Waals surface area contributed by atoms with Crippen LogP contribution in [0.1, 0.15) is 23.6 Å². The third kappa shape index (κ3) is 2.99. The zero-order chi connectivity index (χ0) is 27.8. The third-order valence-corrected chi connectivity index (χ3v) is 9.75. The van der Waals surface area contributed by atoms with Crippen LogP contribution in [0.3, 0.4) is 0 Å². The van der Waals surface area contributed by atoms with Gasteiger partial charge in [0.1, 0.15) is 0 Å². The Labute approximate surface area is 246 Å². The highest BCUT2D eigenvalue weighted by molar-refractivity contribution is 6.99. The van der Waals surface area contributed by atoms with Gasteiger partial charge in [-0.15, -0.1) is 0 Å². The molecule has 2 aliphatic rings. The van der Waals surface area contributed by atoms with E-state index in [1.165, 1.54) is 72.1 Å². The average Bonchev–Trinajstić information content (AvgIpc) is 3.42. The first-order valence-electron chi connectivity index (χ1n) is 14.8. The Bertz CT molecular complexity index is 2140. The van der Waals surface area contributed by atoms with E-state index in [2.05, 4.69) is 163 Å². The second kappa shape index (κ2) is 8.71. The molecule has 1 unspecified atom stereocenters. The van der Waals surface area contributed by atoms with Gasteiger partial charge in [-0.05, 0) is 51.7 Å². The molecule has 2 heteroatoms. The van der Waals surface area contributed by atoms with Crippen molar-refractivity contribution in [3.63, 3.8) is 0 Å². The van der Waals surface area contributed by atoms with Crippen molar-refractivity contribution in [2.24, 2.45) is 0 Å². The van der Waals surface area contributed by atoms with Gasteiger partial charge in [-0.2, -0.15) is 0 Å². The molecule has 6 aromatic carbocycles. The minimum Gasteiger partial charge on any atom is -0.310 e. The molecule has 1 atom stereocenters. The highest BCUT2D eigenvalue weighted by Crippen LogP contribution is 2.46. The lowest BCUT2D eigenvalue weighted by molar-refractivity contribution is 0.697. The molecule has 2 aliphatic heterocycles. The van der Waals surface area contributed by atoms with Gasteiger partial charge in [0.25, 0.3) is 0 Å². The fourth-order valence-electron chi connectivity index (χ4n) is 8.00.